The number of aromatic nitrogens is 2. The molecular weight excluding hydrogens is 1110 g/mol. The van der Waals surface area contributed by atoms with Crippen LogP contribution in [-0.2, 0) is 35.1 Å². The number of fused-ring (bicyclic) bond motifs is 1. The molecule has 2 amide bonds. The number of esters is 1. The molecule has 2 atom stereocenters. The first-order valence-corrected chi connectivity index (χ1v) is 29.3. The Morgan fingerprint density at radius 3 is 1.56 bits per heavy atom. The third-order valence-electron chi connectivity index (χ3n) is 15.1. The zero-order valence-corrected chi connectivity index (χ0v) is 47.5. The molecule has 10 aromatic rings. The summed E-state index contributed by atoms with van der Waals surface area (Å²) in [4.78, 5) is 64.9. The molecule has 12 rings (SSSR count). The smallest absolute Gasteiger partial charge is 0.356 e. The van der Waals surface area contributed by atoms with Crippen molar-refractivity contribution in [1.82, 2.24) is 20.2 Å². The van der Waals surface area contributed by atoms with Crippen LogP contribution >= 0.6 is 34.7 Å². The largest absolute Gasteiger partial charge is 0.448 e. The number of halogens is 1. The number of oxime groups is 1. The topological polar surface area (TPSA) is 161 Å². The van der Waals surface area contributed by atoms with Crippen molar-refractivity contribution in [2.24, 2.45) is 5.16 Å². The maximum absolute atomic E-state index is 15.7. The molecule has 1 fully saturated rings. The Kier molecular flexibility index (Phi) is 16.0. The maximum Gasteiger partial charge on any atom is 0.356 e. The fraction of sp³-hybridized carbons (Fsp3) is 0.101. The zero-order chi connectivity index (χ0) is 57.5. The molecule has 12 nitrogen and oxygen atoms in total. The quantitative estimate of drug-likeness (QED) is 0.0234. The molecule has 4 N–H and O–H groups in total. The number of carbonyl (C=O) groups excluding carboxylic acids is 3. The van der Waals surface area contributed by atoms with E-state index in [1.54, 1.807) is 12.3 Å². The van der Waals surface area contributed by atoms with Crippen LogP contribution in [-0.4, -0.2) is 50.4 Å². The highest BCUT2D eigenvalue weighted by Gasteiger charge is 2.55. The fourth-order valence-electron chi connectivity index (χ4n) is 11.1. The van der Waals surface area contributed by atoms with E-state index < -0.39 is 47.1 Å². The Labute approximate surface area is 499 Å². The summed E-state index contributed by atoms with van der Waals surface area (Å²) in [6, 6.07) is 79.7. The number of β-lactam (4-membered cyclic amide) rings is 1. The fourth-order valence-corrected chi connectivity index (χ4v) is 13.3. The van der Waals surface area contributed by atoms with Crippen molar-refractivity contribution >= 4 is 69.1 Å². The van der Waals surface area contributed by atoms with Gasteiger partial charge in [-0.25, -0.2) is 14.8 Å². The lowest BCUT2D eigenvalue weighted by atomic mass is 9.77. The molecule has 8 aromatic carbocycles. The zero-order valence-electron chi connectivity index (χ0n) is 45.1. The molecule has 2 aliphatic heterocycles. The second-order valence-electron chi connectivity index (χ2n) is 20.1. The standard InChI is InChI=1S/C69H54ClN7O5S2/c70-62-58(74-67(84-62)75-68(48-30-13-3-14-31-48,49-32-15-4-16-33-49)50-34-17-5-18-35-50)59(76-82-69(51-36-19-6-20-37-51,52-38-21-7-22-39-52)53-40-23-8-24-41-53)64(78)73-57-54-43-44-55(83-56-42-25-45-72-63(56)71)60(77(54)65(57)79)66(80)81-61(46-26-9-1-10-27-46)47-28-11-2-12-29-47/h1-42,45,54,57,61H,43-44H2,(H2,71,72)(H,73,78)(H,74,75)/t54-,57+/m1/s1. The number of nitrogens with one attached hydrogen (secondary N) is 2. The molecule has 0 aliphatic carbocycles. The molecule has 0 radical (unpaired) electrons. The minimum Gasteiger partial charge on any atom is -0.448 e. The van der Waals surface area contributed by atoms with Crippen molar-refractivity contribution in [2.45, 2.75) is 47.1 Å². The summed E-state index contributed by atoms with van der Waals surface area (Å²) < 4.78 is 6.60. The number of anilines is 2. The number of nitrogens with zero attached hydrogens (tertiary/aromatic N) is 4. The van der Waals surface area contributed by atoms with E-state index in [0.29, 0.717) is 27.8 Å². The maximum atomic E-state index is 15.7. The van der Waals surface area contributed by atoms with Gasteiger partial charge in [-0.2, -0.15) is 0 Å². The van der Waals surface area contributed by atoms with Gasteiger partial charge >= 0.3 is 5.97 Å². The molecule has 0 unspecified atom stereocenters. The lowest BCUT2D eigenvalue weighted by Gasteiger charge is -2.50. The Morgan fingerprint density at radius 2 is 1.10 bits per heavy atom. The number of nitrogen functional groups attached to an aromatic ring is 1. The Balaban J connectivity index is 0.955. The Bertz CT molecular complexity index is 3770. The number of hydrogen-bond donors (Lipinski definition) is 3. The first-order chi connectivity index (χ1) is 41.2. The average Bonchev–Trinajstić information content (AvgIpc) is 4.01. The molecule has 84 heavy (non-hydrogen) atoms. The van der Waals surface area contributed by atoms with Gasteiger partial charge < -0.3 is 25.9 Å². The van der Waals surface area contributed by atoms with Crippen LogP contribution in [0.3, 0.4) is 0 Å². The highest BCUT2D eigenvalue weighted by molar-refractivity contribution is 8.03. The number of thiazole rings is 1. The number of pyridine rings is 1. The van der Waals surface area contributed by atoms with Gasteiger partial charge in [-0.15, -0.1) is 0 Å². The number of ether oxygens (including phenoxy) is 1. The van der Waals surface area contributed by atoms with Gasteiger partial charge in [0.05, 0.1) is 10.9 Å². The number of carbonyl (C=O) groups is 3. The van der Waals surface area contributed by atoms with Gasteiger partial charge in [-0.05, 0) is 52.8 Å². The van der Waals surface area contributed by atoms with Crippen LogP contribution in [0.2, 0.25) is 4.34 Å². The number of hydrogen-bond acceptors (Lipinski definition) is 12. The first-order valence-electron chi connectivity index (χ1n) is 27.3. The van der Waals surface area contributed by atoms with Crippen LogP contribution in [0.5, 0.6) is 0 Å². The lowest BCUT2D eigenvalue weighted by Crippen LogP contribution is -2.72. The van der Waals surface area contributed by atoms with Crippen molar-refractivity contribution in [2.75, 3.05) is 11.1 Å². The van der Waals surface area contributed by atoms with Gasteiger partial charge in [0.2, 0.25) is 5.60 Å². The second kappa shape index (κ2) is 24.5. The SMILES string of the molecule is Nc1ncccc1SC1=C(C(=O)OC(c2ccccc2)c2ccccc2)N2C(=O)[C@@H](NC(=O)C(=NOC(c3ccccc3)(c3ccccc3)c3ccccc3)c3nc(NC(c4ccccc4)(c4ccccc4)c4ccccc4)sc3Cl)[C@H]2CC1. The summed E-state index contributed by atoms with van der Waals surface area (Å²) in [6.07, 6.45) is 1.48. The molecule has 0 bridgehead atoms. The number of nitrogens with two attached hydrogens (primary N) is 1. The Hall–Kier alpha value is -9.60. The third kappa shape index (κ3) is 10.7. The van der Waals surface area contributed by atoms with Gasteiger partial charge in [-0.3, -0.25) is 14.5 Å². The number of thioether (sulfide) groups is 1. The van der Waals surface area contributed by atoms with Crippen molar-refractivity contribution in [3.05, 3.63) is 326 Å². The van der Waals surface area contributed by atoms with Crippen molar-refractivity contribution in [3.8, 4) is 0 Å². The van der Waals surface area contributed by atoms with Gasteiger partial charge in [0, 0.05) is 27.8 Å². The highest BCUT2D eigenvalue weighted by Crippen LogP contribution is 2.47. The van der Waals surface area contributed by atoms with Crippen LogP contribution in [0.25, 0.3) is 0 Å². The van der Waals surface area contributed by atoms with Crippen LogP contribution in [0.1, 0.15) is 69.1 Å². The lowest BCUT2D eigenvalue weighted by molar-refractivity contribution is -0.158. The van der Waals surface area contributed by atoms with Gasteiger partial charge in [0.25, 0.3) is 11.8 Å². The van der Waals surface area contributed by atoms with E-state index in [1.165, 1.54) is 16.7 Å². The molecule has 4 heterocycles. The van der Waals surface area contributed by atoms with Crippen LogP contribution < -0.4 is 16.4 Å². The first kappa shape index (κ1) is 55.0. The summed E-state index contributed by atoms with van der Waals surface area (Å²) in [5.74, 6) is -1.78. The number of amides is 2. The summed E-state index contributed by atoms with van der Waals surface area (Å²) >= 11 is 9.80. The molecule has 15 heteroatoms. The van der Waals surface area contributed by atoms with Crippen molar-refractivity contribution in [1.29, 1.82) is 0 Å². The van der Waals surface area contributed by atoms with E-state index in [1.807, 2.05) is 212 Å². The van der Waals surface area contributed by atoms with Gasteiger partial charge in [0.15, 0.2) is 16.9 Å². The number of rotatable bonds is 19. The van der Waals surface area contributed by atoms with E-state index in [4.69, 9.17) is 37.0 Å². The van der Waals surface area contributed by atoms with E-state index >= 15 is 14.4 Å². The Morgan fingerprint density at radius 1 is 0.643 bits per heavy atom. The van der Waals surface area contributed by atoms with Gasteiger partial charge in [-0.1, -0.05) is 283 Å². The van der Waals surface area contributed by atoms with E-state index in [9.17, 15) is 0 Å². The molecule has 0 saturated carbocycles. The van der Waals surface area contributed by atoms with E-state index in [0.717, 1.165) is 55.8 Å². The van der Waals surface area contributed by atoms with E-state index in [2.05, 4.69) is 52.0 Å². The van der Waals surface area contributed by atoms with Crippen molar-refractivity contribution < 1.29 is 24.0 Å². The minimum absolute atomic E-state index is 0.00452. The molecule has 414 valence electrons. The summed E-state index contributed by atoms with van der Waals surface area (Å²) in [5.41, 5.74) is 10.1. The summed E-state index contributed by atoms with van der Waals surface area (Å²) in [6.45, 7) is 0. The normalized spacial score (nSPS) is 15.2. The molecular formula is C69H54ClN7O5S2. The molecule has 2 aliphatic rings. The van der Waals surface area contributed by atoms with Crippen LogP contribution in [0.4, 0.5) is 10.9 Å². The summed E-state index contributed by atoms with van der Waals surface area (Å²) in [5, 5.41) is 12.1. The van der Waals surface area contributed by atoms with E-state index in [-0.39, 0.29) is 27.3 Å². The average molecular weight is 1160 g/mol. The predicted octanol–water partition coefficient (Wildman–Crippen LogP) is 13.7. The molecule has 0 spiro atoms. The van der Waals surface area contributed by atoms with Crippen molar-refractivity contribution in [3.63, 3.8) is 0 Å². The highest BCUT2D eigenvalue weighted by atomic mass is 35.5. The van der Waals surface area contributed by atoms with Crippen LogP contribution in [0.15, 0.2) is 282 Å². The third-order valence-corrected chi connectivity index (χ3v) is 17.5. The number of allylic oxidation sites excluding steroid dienone is 1. The second-order valence-corrected chi connectivity index (χ2v) is 22.8. The summed E-state index contributed by atoms with van der Waals surface area (Å²) in [7, 11) is 0. The monoisotopic (exact) mass is 1160 g/mol. The number of benzene rings is 8. The minimum atomic E-state index is -1.43. The molecule has 2 aromatic heterocycles. The van der Waals surface area contributed by atoms with Gasteiger partial charge in [0.1, 0.15) is 33.1 Å². The molecule has 1 saturated heterocycles. The predicted molar refractivity (Wildman–Crippen MR) is 331 cm³/mol. The van der Waals surface area contributed by atoms with Crippen LogP contribution in [0, 0.1) is 0 Å².